The monoisotopic (exact) mass is 314 g/mol. The van der Waals surface area contributed by atoms with Crippen LogP contribution in [0.25, 0.3) is 11.3 Å². The van der Waals surface area contributed by atoms with Crippen molar-refractivity contribution in [3.05, 3.63) is 44.3 Å². The molecule has 0 saturated carbocycles. The number of rotatable bonds is 1. The van der Waals surface area contributed by atoms with Crippen LogP contribution in [0.15, 0.2) is 35.1 Å². The molecule has 0 aliphatic heterocycles. The van der Waals surface area contributed by atoms with Crippen molar-refractivity contribution >= 4 is 22.6 Å². The van der Waals surface area contributed by atoms with Crippen LogP contribution in [0, 0.1) is 3.57 Å². The summed E-state index contributed by atoms with van der Waals surface area (Å²) in [6.07, 6.45) is 0. The molecule has 2 aromatic rings. The van der Waals surface area contributed by atoms with E-state index in [1.165, 1.54) is 0 Å². The lowest BCUT2D eigenvalue weighted by Gasteiger charge is -2.03. The third-order valence-electron chi connectivity index (χ3n) is 1.95. The van der Waals surface area contributed by atoms with Crippen LogP contribution < -0.4 is 5.56 Å². The molecule has 2 N–H and O–H groups in total. The first-order chi connectivity index (χ1) is 7.20. The molecule has 1 aromatic heterocycles. The van der Waals surface area contributed by atoms with Crippen LogP contribution in [0.2, 0.25) is 0 Å². The van der Waals surface area contributed by atoms with Crippen LogP contribution in [0.4, 0.5) is 0 Å². The molecule has 0 saturated heterocycles. The lowest BCUT2D eigenvalue weighted by atomic mass is 10.1. The van der Waals surface area contributed by atoms with Gasteiger partial charge < -0.3 is 5.11 Å². The average molecular weight is 314 g/mol. The van der Waals surface area contributed by atoms with Gasteiger partial charge in [-0.2, -0.15) is 5.10 Å². The fourth-order valence-corrected chi connectivity index (χ4v) is 1.59. The second-order valence-corrected chi connectivity index (χ2v) is 4.01. The van der Waals surface area contributed by atoms with Crippen LogP contribution in [0.5, 0.6) is 5.75 Å². The molecule has 2 rings (SSSR count). The summed E-state index contributed by atoms with van der Waals surface area (Å²) in [5, 5.41) is 15.9. The second-order valence-electron chi connectivity index (χ2n) is 2.93. The minimum atomic E-state index is -0.382. The van der Waals surface area contributed by atoms with Gasteiger partial charge in [0, 0.05) is 5.56 Å². The minimum Gasteiger partial charge on any atom is -0.504 e. The molecule has 0 atom stereocenters. The molecule has 1 aromatic carbocycles. The molecule has 5 heteroatoms. The molecule has 0 unspecified atom stereocenters. The van der Waals surface area contributed by atoms with Crippen molar-refractivity contribution in [3.63, 3.8) is 0 Å². The lowest BCUT2D eigenvalue weighted by Crippen LogP contribution is -2.12. The van der Waals surface area contributed by atoms with E-state index in [0.29, 0.717) is 5.69 Å². The average Bonchev–Trinajstić information content (AvgIpc) is 2.27. The van der Waals surface area contributed by atoms with Crippen LogP contribution in [-0.4, -0.2) is 15.3 Å². The van der Waals surface area contributed by atoms with E-state index in [1.807, 2.05) is 30.3 Å². The predicted octanol–water partition coefficient (Wildman–Crippen LogP) is 1.75. The van der Waals surface area contributed by atoms with Crippen LogP contribution >= 0.6 is 22.6 Å². The molecule has 1 heterocycles. The smallest absolute Gasteiger partial charge is 0.281 e. The Morgan fingerprint density at radius 3 is 2.60 bits per heavy atom. The highest BCUT2D eigenvalue weighted by Crippen LogP contribution is 2.27. The molecular weight excluding hydrogens is 307 g/mol. The van der Waals surface area contributed by atoms with Crippen molar-refractivity contribution in [2.45, 2.75) is 0 Å². The summed E-state index contributed by atoms with van der Waals surface area (Å²) < 4.78 is 0.251. The van der Waals surface area contributed by atoms with Gasteiger partial charge in [0.1, 0.15) is 9.26 Å². The third-order valence-corrected chi connectivity index (χ3v) is 2.95. The summed E-state index contributed by atoms with van der Waals surface area (Å²) >= 11 is 1.79. The number of halogens is 1. The zero-order valence-electron chi connectivity index (χ0n) is 7.57. The first-order valence-corrected chi connectivity index (χ1v) is 5.30. The van der Waals surface area contributed by atoms with Gasteiger partial charge in [0.05, 0.1) is 0 Å². The van der Waals surface area contributed by atoms with Crippen molar-refractivity contribution in [2.75, 3.05) is 0 Å². The first kappa shape index (κ1) is 10.2. The molecule has 0 fully saturated rings. The Balaban J connectivity index is 2.65. The van der Waals surface area contributed by atoms with E-state index in [1.54, 1.807) is 22.6 Å². The van der Waals surface area contributed by atoms with Gasteiger partial charge in [0.25, 0.3) is 5.56 Å². The zero-order valence-corrected chi connectivity index (χ0v) is 9.72. The number of aromatic nitrogens is 2. The first-order valence-electron chi connectivity index (χ1n) is 4.22. The van der Waals surface area contributed by atoms with Crippen molar-refractivity contribution in [1.82, 2.24) is 10.2 Å². The summed E-state index contributed by atoms with van der Waals surface area (Å²) in [4.78, 5) is 11.1. The number of hydrogen-bond donors (Lipinski definition) is 2. The summed E-state index contributed by atoms with van der Waals surface area (Å²) in [7, 11) is 0. The van der Waals surface area contributed by atoms with Crippen molar-refractivity contribution in [2.24, 2.45) is 0 Å². The predicted molar refractivity (Wildman–Crippen MR) is 64.7 cm³/mol. The Kier molecular flexibility index (Phi) is 2.72. The number of nitrogens with one attached hydrogen (secondary N) is 1. The van der Waals surface area contributed by atoms with Crippen LogP contribution in [0.3, 0.4) is 0 Å². The van der Waals surface area contributed by atoms with Gasteiger partial charge in [0.15, 0.2) is 5.75 Å². The van der Waals surface area contributed by atoms with E-state index in [-0.39, 0.29) is 14.9 Å². The van der Waals surface area contributed by atoms with Crippen LogP contribution in [0.1, 0.15) is 0 Å². The second kappa shape index (κ2) is 4.01. The Labute approximate surface area is 99.1 Å². The number of H-pyrrole nitrogens is 1. The maximum Gasteiger partial charge on any atom is 0.281 e. The molecular formula is C10H7IN2O2. The molecule has 0 spiro atoms. The molecule has 76 valence electrons. The molecule has 0 amide bonds. The Hall–Kier alpha value is -1.37. The highest BCUT2D eigenvalue weighted by Gasteiger charge is 2.11. The number of aromatic amines is 1. The van der Waals surface area contributed by atoms with Gasteiger partial charge in [-0.25, -0.2) is 5.10 Å². The van der Waals surface area contributed by atoms with Gasteiger partial charge in [-0.3, -0.25) is 4.79 Å². The Morgan fingerprint density at radius 1 is 1.27 bits per heavy atom. The van der Waals surface area contributed by atoms with E-state index < -0.39 is 0 Å². The number of aromatic hydroxyl groups is 1. The van der Waals surface area contributed by atoms with E-state index >= 15 is 0 Å². The van der Waals surface area contributed by atoms with Gasteiger partial charge in [0.2, 0.25) is 0 Å². The molecule has 0 radical (unpaired) electrons. The summed E-state index contributed by atoms with van der Waals surface area (Å²) in [6, 6.07) is 9.19. The van der Waals surface area contributed by atoms with Gasteiger partial charge >= 0.3 is 0 Å². The maximum atomic E-state index is 11.1. The van der Waals surface area contributed by atoms with Gasteiger partial charge in [-0.15, -0.1) is 0 Å². The van der Waals surface area contributed by atoms with E-state index in [0.717, 1.165) is 5.56 Å². The molecule has 4 nitrogen and oxygen atoms in total. The summed E-state index contributed by atoms with van der Waals surface area (Å²) in [5.41, 5.74) is 0.775. The minimum absolute atomic E-state index is 0.0782. The SMILES string of the molecule is O=c1[nH]nc(-c2ccccc2)c(O)c1I. The third kappa shape index (κ3) is 1.87. The van der Waals surface area contributed by atoms with Crippen molar-refractivity contribution < 1.29 is 5.11 Å². The van der Waals surface area contributed by atoms with E-state index in [9.17, 15) is 9.90 Å². The Morgan fingerprint density at radius 2 is 1.93 bits per heavy atom. The van der Waals surface area contributed by atoms with E-state index in [2.05, 4.69) is 10.2 Å². The van der Waals surface area contributed by atoms with Crippen molar-refractivity contribution in [3.8, 4) is 17.0 Å². The molecule has 0 bridgehead atoms. The fraction of sp³-hybridized carbons (Fsp3) is 0. The molecule has 15 heavy (non-hydrogen) atoms. The standard InChI is InChI=1S/C10H7IN2O2/c11-7-9(14)8(12-13-10(7)15)6-4-2-1-3-5-6/h1-5H,(H2,13,14,15). The van der Waals surface area contributed by atoms with Crippen molar-refractivity contribution in [1.29, 1.82) is 0 Å². The topological polar surface area (TPSA) is 66.0 Å². The highest BCUT2D eigenvalue weighted by molar-refractivity contribution is 14.1. The highest BCUT2D eigenvalue weighted by atomic mass is 127. The summed E-state index contributed by atoms with van der Waals surface area (Å²) in [6.45, 7) is 0. The maximum absolute atomic E-state index is 11.1. The number of benzene rings is 1. The van der Waals surface area contributed by atoms with Crippen LogP contribution in [-0.2, 0) is 0 Å². The normalized spacial score (nSPS) is 10.2. The fourth-order valence-electron chi connectivity index (χ4n) is 1.22. The summed E-state index contributed by atoms with van der Waals surface area (Å²) in [5.74, 6) is -0.0782. The quantitative estimate of drug-likeness (QED) is 0.788. The molecule has 0 aliphatic rings. The van der Waals surface area contributed by atoms with E-state index in [4.69, 9.17) is 0 Å². The largest absolute Gasteiger partial charge is 0.504 e. The lowest BCUT2D eigenvalue weighted by molar-refractivity contribution is 0.468. The van der Waals surface area contributed by atoms with Gasteiger partial charge in [-0.05, 0) is 22.6 Å². The Bertz CT molecular complexity index is 537. The van der Waals surface area contributed by atoms with Gasteiger partial charge in [-0.1, -0.05) is 30.3 Å². The number of nitrogens with zero attached hydrogens (tertiary/aromatic N) is 1. The number of hydrogen-bond acceptors (Lipinski definition) is 3. The molecule has 0 aliphatic carbocycles. The zero-order chi connectivity index (χ0) is 10.8.